The molecule has 0 bridgehead atoms. The number of halogens is 3. The summed E-state index contributed by atoms with van der Waals surface area (Å²) in [5.41, 5.74) is 6.90. The third-order valence-electron chi connectivity index (χ3n) is 2.44. The Bertz CT molecular complexity index is 518. The summed E-state index contributed by atoms with van der Waals surface area (Å²) in [6, 6.07) is 1.71. The number of nitrogens with two attached hydrogens (primary N) is 1. The summed E-state index contributed by atoms with van der Waals surface area (Å²) in [5, 5.41) is 0. The van der Waals surface area contributed by atoms with Crippen molar-refractivity contribution in [1.29, 1.82) is 0 Å². The van der Waals surface area contributed by atoms with Crippen molar-refractivity contribution in [3.05, 3.63) is 18.6 Å². The van der Waals surface area contributed by atoms with Crippen LogP contribution in [0.25, 0.3) is 11.0 Å². The zero-order valence-electron chi connectivity index (χ0n) is 8.91. The molecule has 92 valence electrons. The Morgan fingerprint density at radius 1 is 1.29 bits per heavy atom. The second kappa shape index (κ2) is 4.23. The predicted molar refractivity (Wildman–Crippen MR) is 57.2 cm³/mol. The van der Waals surface area contributed by atoms with Crippen LogP contribution in [0.5, 0.6) is 0 Å². The molecule has 0 amide bonds. The summed E-state index contributed by atoms with van der Waals surface area (Å²) in [6.07, 6.45) is -1.91. The zero-order chi connectivity index (χ0) is 12.5. The SMILES string of the molecule is Nc1ncnc2ccn(CCCC(F)(F)F)c12. The van der Waals surface area contributed by atoms with Crippen molar-refractivity contribution in [1.82, 2.24) is 14.5 Å². The maximum Gasteiger partial charge on any atom is 0.389 e. The van der Waals surface area contributed by atoms with Gasteiger partial charge in [0.1, 0.15) is 11.8 Å². The van der Waals surface area contributed by atoms with Gasteiger partial charge in [-0.1, -0.05) is 0 Å². The number of aromatic nitrogens is 3. The Hall–Kier alpha value is -1.79. The molecule has 2 aromatic heterocycles. The average molecular weight is 244 g/mol. The number of hydrogen-bond acceptors (Lipinski definition) is 3. The molecule has 0 aliphatic heterocycles. The summed E-state index contributed by atoms with van der Waals surface area (Å²) in [6.45, 7) is 0.251. The monoisotopic (exact) mass is 244 g/mol. The van der Waals surface area contributed by atoms with Crippen molar-refractivity contribution >= 4 is 16.9 Å². The number of alkyl halides is 3. The number of fused-ring (bicyclic) bond motifs is 1. The van der Waals surface area contributed by atoms with E-state index in [4.69, 9.17) is 5.73 Å². The highest BCUT2D eigenvalue weighted by molar-refractivity contribution is 5.84. The number of nitrogen functional groups attached to an aromatic ring is 1. The van der Waals surface area contributed by atoms with Crippen LogP contribution in [0.2, 0.25) is 0 Å². The number of aryl methyl sites for hydroxylation is 1. The van der Waals surface area contributed by atoms with Gasteiger partial charge in [0, 0.05) is 19.2 Å². The van der Waals surface area contributed by atoms with Gasteiger partial charge in [0.15, 0.2) is 5.82 Å². The van der Waals surface area contributed by atoms with Crippen LogP contribution in [-0.2, 0) is 6.54 Å². The molecule has 0 atom stereocenters. The lowest BCUT2D eigenvalue weighted by atomic mass is 10.3. The van der Waals surface area contributed by atoms with Gasteiger partial charge >= 0.3 is 6.18 Å². The van der Waals surface area contributed by atoms with E-state index in [9.17, 15) is 13.2 Å². The molecule has 0 aromatic carbocycles. The molecule has 0 radical (unpaired) electrons. The van der Waals surface area contributed by atoms with Crippen molar-refractivity contribution in [2.45, 2.75) is 25.6 Å². The molecule has 0 saturated heterocycles. The van der Waals surface area contributed by atoms with Gasteiger partial charge in [-0.05, 0) is 12.5 Å². The van der Waals surface area contributed by atoms with Crippen LogP contribution in [0.15, 0.2) is 18.6 Å². The highest BCUT2D eigenvalue weighted by Gasteiger charge is 2.26. The van der Waals surface area contributed by atoms with Crippen molar-refractivity contribution in [3.8, 4) is 0 Å². The summed E-state index contributed by atoms with van der Waals surface area (Å²) < 4.78 is 37.7. The summed E-state index contributed by atoms with van der Waals surface area (Å²) in [5.74, 6) is 0.284. The van der Waals surface area contributed by atoms with Gasteiger partial charge in [-0.25, -0.2) is 9.97 Å². The first-order valence-corrected chi connectivity index (χ1v) is 5.09. The average Bonchev–Trinajstić information content (AvgIpc) is 2.61. The van der Waals surface area contributed by atoms with Gasteiger partial charge < -0.3 is 10.3 Å². The number of rotatable bonds is 3. The molecule has 2 rings (SSSR count). The second-order valence-corrected chi connectivity index (χ2v) is 3.72. The lowest BCUT2D eigenvalue weighted by molar-refractivity contribution is -0.135. The van der Waals surface area contributed by atoms with Crippen LogP contribution >= 0.6 is 0 Å². The lowest BCUT2D eigenvalue weighted by Crippen LogP contribution is -2.09. The first kappa shape index (κ1) is 11.7. The number of hydrogen-bond donors (Lipinski definition) is 1. The molecular weight excluding hydrogens is 233 g/mol. The van der Waals surface area contributed by atoms with E-state index in [0.717, 1.165) is 0 Å². The van der Waals surface area contributed by atoms with Crippen LogP contribution < -0.4 is 5.73 Å². The Morgan fingerprint density at radius 2 is 2.06 bits per heavy atom. The van der Waals surface area contributed by atoms with Gasteiger partial charge in [0.05, 0.1) is 5.52 Å². The highest BCUT2D eigenvalue weighted by Crippen LogP contribution is 2.23. The Balaban J connectivity index is 2.14. The van der Waals surface area contributed by atoms with Crippen LogP contribution in [0.1, 0.15) is 12.8 Å². The minimum atomic E-state index is -4.12. The molecule has 2 aromatic rings. The Morgan fingerprint density at radius 3 is 2.76 bits per heavy atom. The maximum atomic E-state index is 12.0. The molecule has 2 N–H and O–H groups in total. The first-order chi connectivity index (χ1) is 7.97. The van der Waals surface area contributed by atoms with Crippen LogP contribution in [0.4, 0.5) is 19.0 Å². The van der Waals surface area contributed by atoms with E-state index in [1.54, 1.807) is 16.8 Å². The molecular formula is C10H11F3N4. The third-order valence-corrected chi connectivity index (χ3v) is 2.44. The summed E-state index contributed by atoms with van der Waals surface area (Å²) in [7, 11) is 0. The minimum absolute atomic E-state index is 0.0155. The van der Waals surface area contributed by atoms with E-state index in [1.165, 1.54) is 6.33 Å². The van der Waals surface area contributed by atoms with E-state index >= 15 is 0 Å². The van der Waals surface area contributed by atoms with E-state index in [0.29, 0.717) is 11.0 Å². The molecule has 0 saturated carbocycles. The maximum absolute atomic E-state index is 12.0. The molecule has 0 unspecified atom stereocenters. The van der Waals surface area contributed by atoms with E-state index in [-0.39, 0.29) is 18.8 Å². The second-order valence-electron chi connectivity index (χ2n) is 3.72. The van der Waals surface area contributed by atoms with Crippen LogP contribution in [0, 0.1) is 0 Å². The molecule has 0 aliphatic rings. The Kier molecular flexibility index (Phi) is 2.91. The first-order valence-electron chi connectivity index (χ1n) is 5.09. The van der Waals surface area contributed by atoms with Gasteiger partial charge in [0.25, 0.3) is 0 Å². The van der Waals surface area contributed by atoms with Crippen molar-refractivity contribution < 1.29 is 13.2 Å². The quantitative estimate of drug-likeness (QED) is 0.901. The third kappa shape index (κ3) is 2.66. The molecule has 7 heteroatoms. The number of anilines is 1. The molecule has 0 aliphatic carbocycles. The van der Waals surface area contributed by atoms with Crippen molar-refractivity contribution in [2.75, 3.05) is 5.73 Å². The molecule has 0 spiro atoms. The van der Waals surface area contributed by atoms with E-state index in [2.05, 4.69) is 9.97 Å². The smallest absolute Gasteiger partial charge is 0.382 e. The lowest BCUT2D eigenvalue weighted by Gasteiger charge is -2.08. The summed E-state index contributed by atoms with van der Waals surface area (Å²) >= 11 is 0. The standard InChI is InChI=1S/C10H11F3N4/c11-10(12,13)3-1-4-17-5-2-7-8(17)9(14)16-6-15-7/h2,5-6H,1,3-4H2,(H2,14,15,16). The van der Waals surface area contributed by atoms with E-state index in [1.807, 2.05) is 0 Å². The fourth-order valence-electron chi connectivity index (χ4n) is 1.69. The van der Waals surface area contributed by atoms with E-state index < -0.39 is 12.6 Å². The highest BCUT2D eigenvalue weighted by atomic mass is 19.4. The van der Waals surface area contributed by atoms with Gasteiger partial charge in [-0.15, -0.1) is 0 Å². The zero-order valence-corrected chi connectivity index (χ0v) is 8.91. The molecule has 0 fully saturated rings. The fourth-order valence-corrected chi connectivity index (χ4v) is 1.69. The topological polar surface area (TPSA) is 56.7 Å². The molecule has 2 heterocycles. The van der Waals surface area contributed by atoms with Gasteiger partial charge in [-0.2, -0.15) is 13.2 Å². The predicted octanol–water partition coefficient (Wildman–Crippen LogP) is 2.36. The normalized spacial score (nSPS) is 12.2. The van der Waals surface area contributed by atoms with Crippen molar-refractivity contribution in [3.63, 3.8) is 0 Å². The van der Waals surface area contributed by atoms with Crippen molar-refractivity contribution in [2.24, 2.45) is 0 Å². The van der Waals surface area contributed by atoms with Crippen LogP contribution in [0.3, 0.4) is 0 Å². The fraction of sp³-hybridized carbons (Fsp3) is 0.400. The number of nitrogens with zero attached hydrogens (tertiary/aromatic N) is 3. The van der Waals surface area contributed by atoms with Gasteiger partial charge in [-0.3, -0.25) is 0 Å². The summed E-state index contributed by atoms with van der Waals surface area (Å²) in [4.78, 5) is 7.81. The minimum Gasteiger partial charge on any atom is -0.382 e. The molecule has 4 nitrogen and oxygen atoms in total. The molecule has 17 heavy (non-hydrogen) atoms. The van der Waals surface area contributed by atoms with Crippen LogP contribution in [-0.4, -0.2) is 20.7 Å². The van der Waals surface area contributed by atoms with Gasteiger partial charge in [0.2, 0.25) is 0 Å². The Labute approximate surface area is 95.3 Å². The largest absolute Gasteiger partial charge is 0.389 e.